The van der Waals surface area contributed by atoms with Crippen LogP contribution in [0.3, 0.4) is 0 Å². The van der Waals surface area contributed by atoms with Crippen LogP contribution in [-0.4, -0.2) is 52.5 Å². The van der Waals surface area contributed by atoms with E-state index >= 15 is 0 Å². The Morgan fingerprint density at radius 2 is 1.86 bits per heavy atom. The minimum atomic E-state index is -0.929. The average Bonchev–Trinajstić information content (AvgIpc) is 2.88. The van der Waals surface area contributed by atoms with Crippen LogP contribution in [0.1, 0.15) is 31.7 Å². The van der Waals surface area contributed by atoms with E-state index in [-0.39, 0.29) is 5.91 Å². The van der Waals surface area contributed by atoms with Crippen molar-refractivity contribution in [1.82, 2.24) is 14.8 Å². The van der Waals surface area contributed by atoms with Crippen molar-refractivity contribution in [2.24, 2.45) is 0 Å². The fraction of sp³-hybridized carbons (Fsp3) is 0.455. The van der Waals surface area contributed by atoms with Gasteiger partial charge in [0.1, 0.15) is 5.75 Å². The lowest BCUT2D eigenvalue weighted by Crippen LogP contribution is -2.50. The summed E-state index contributed by atoms with van der Waals surface area (Å²) in [5.41, 5.74) is 1.18. The van der Waals surface area contributed by atoms with Crippen molar-refractivity contribution in [3.8, 4) is 5.75 Å². The number of halogens is 1. The molecule has 0 N–H and O–H groups in total. The van der Waals surface area contributed by atoms with Gasteiger partial charge in [-0.15, -0.1) is 0 Å². The number of rotatable bonds is 5. The lowest BCUT2D eigenvalue weighted by atomic mass is 10.1. The molecule has 28 heavy (non-hydrogen) atoms. The van der Waals surface area contributed by atoms with Crippen LogP contribution < -0.4 is 4.74 Å². The number of hydrogen-bond acceptors (Lipinski definition) is 4. The number of carbonyl (C=O) groups is 1. The third-order valence-corrected chi connectivity index (χ3v) is 5.16. The average molecular weight is 402 g/mol. The van der Waals surface area contributed by atoms with Gasteiger partial charge in [-0.3, -0.25) is 14.7 Å². The summed E-state index contributed by atoms with van der Waals surface area (Å²) in [5, 5.41) is 0.646. The van der Waals surface area contributed by atoms with Crippen LogP contribution in [0.25, 0.3) is 0 Å². The second kappa shape index (κ2) is 8.93. The molecule has 0 saturated carbocycles. The quantitative estimate of drug-likeness (QED) is 0.761. The predicted octanol–water partition coefficient (Wildman–Crippen LogP) is 3.94. The Kier molecular flexibility index (Phi) is 6.57. The molecule has 0 spiro atoms. The topological polar surface area (TPSA) is 45.7 Å². The molecule has 5 nitrogen and oxygen atoms in total. The molecule has 1 fully saturated rings. The van der Waals surface area contributed by atoms with E-state index in [1.54, 1.807) is 24.3 Å². The molecule has 1 saturated heterocycles. The van der Waals surface area contributed by atoms with Gasteiger partial charge in [-0.1, -0.05) is 17.7 Å². The molecule has 2 heterocycles. The first-order valence-corrected chi connectivity index (χ1v) is 10.1. The highest BCUT2D eigenvalue weighted by Gasteiger charge is 2.35. The second-order valence-electron chi connectivity index (χ2n) is 7.76. The number of carbonyl (C=O) groups excluding carboxylic acids is 1. The molecule has 0 atom stereocenters. The van der Waals surface area contributed by atoms with Crippen molar-refractivity contribution in [1.29, 1.82) is 0 Å². The van der Waals surface area contributed by atoms with Gasteiger partial charge in [-0.05, 0) is 63.6 Å². The highest BCUT2D eigenvalue weighted by molar-refractivity contribution is 6.30. The molecule has 0 radical (unpaired) electrons. The standard InChI is InChI=1S/C22H28ClN3O2/c1-17-6-4-7-19(24-17)16-25-12-5-13-26(15-14-25)21(27)22(2,3)28-20-10-8-18(23)9-11-20/h4,6-11H,5,12-16H2,1-3H3. The molecule has 1 aliphatic rings. The van der Waals surface area contributed by atoms with Crippen molar-refractivity contribution in [3.63, 3.8) is 0 Å². The molecule has 2 aromatic rings. The smallest absolute Gasteiger partial charge is 0.266 e. The number of benzene rings is 1. The second-order valence-corrected chi connectivity index (χ2v) is 8.19. The van der Waals surface area contributed by atoms with E-state index in [1.807, 2.05) is 37.8 Å². The molecular weight excluding hydrogens is 374 g/mol. The van der Waals surface area contributed by atoms with Crippen molar-refractivity contribution in [2.75, 3.05) is 26.2 Å². The van der Waals surface area contributed by atoms with Crippen LogP contribution in [0.15, 0.2) is 42.5 Å². The fourth-order valence-electron chi connectivity index (χ4n) is 3.47. The Labute approximate surface area is 172 Å². The number of nitrogens with zero attached hydrogens (tertiary/aromatic N) is 3. The van der Waals surface area contributed by atoms with Crippen LogP contribution >= 0.6 is 11.6 Å². The van der Waals surface area contributed by atoms with Crippen molar-refractivity contribution in [3.05, 3.63) is 58.9 Å². The summed E-state index contributed by atoms with van der Waals surface area (Å²) in [6, 6.07) is 13.2. The zero-order chi connectivity index (χ0) is 20.1. The van der Waals surface area contributed by atoms with Crippen LogP contribution in [0.2, 0.25) is 5.02 Å². The van der Waals surface area contributed by atoms with Gasteiger partial charge in [0, 0.05) is 43.4 Å². The van der Waals surface area contributed by atoms with Gasteiger partial charge in [0.15, 0.2) is 5.60 Å². The summed E-state index contributed by atoms with van der Waals surface area (Å²) in [4.78, 5) is 22.0. The molecule has 1 aromatic heterocycles. The maximum atomic E-state index is 13.1. The zero-order valence-electron chi connectivity index (χ0n) is 16.8. The van der Waals surface area contributed by atoms with Gasteiger partial charge in [0.25, 0.3) is 5.91 Å². The third kappa shape index (κ3) is 5.46. The number of pyridine rings is 1. The van der Waals surface area contributed by atoms with Crippen molar-refractivity contribution in [2.45, 2.75) is 39.3 Å². The van der Waals surface area contributed by atoms with E-state index in [0.717, 1.165) is 44.0 Å². The lowest BCUT2D eigenvalue weighted by molar-refractivity contribution is -0.145. The zero-order valence-corrected chi connectivity index (χ0v) is 17.6. The Balaban J connectivity index is 1.59. The molecule has 1 amide bonds. The molecule has 0 bridgehead atoms. The first kappa shape index (κ1) is 20.6. The van der Waals surface area contributed by atoms with Gasteiger partial charge >= 0.3 is 0 Å². The van der Waals surface area contributed by atoms with Crippen molar-refractivity contribution < 1.29 is 9.53 Å². The minimum Gasteiger partial charge on any atom is -0.478 e. The number of amides is 1. The van der Waals surface area contributed by atoms with Crippen molar-refractivity contribution >= 4 is 17.5 Å². The van der Waals surface area contributed by atoms with Crippen LogP contribution in [0.4, 0.5) is 0 Å². The Bertz CT molecular complexity index is 808. The molecule has 0 aliphatic carbocycles. The van der Waals surface area contributed by atoms with E-state index in [1.165, 1.54) is 0 Å². The van der Waals surface area contributed by atoms with E-state index in [9.17, 15) is 4.79 Å². The number of aryl methyl sites for hydroxylation is 1. The van der Waals surface area contributed by atoms with E-state index < -0.39 is 5.60 Å². The highest BCUT2D eigenvalue weighted by atomic mass is 35.5. The summed E-state index contributed by atoms with van der Waals surface area (Å²) in [6.07, 6.45) is 0.939. The first-order chi connectivity index (χ1) is 13.3. The number of hydrogen-bond donors (Lipinski definition) is 0. The molecular formula is C22H28ClN3O2. The summed E-state index contributed by atoms with van der Waals surface area (Å²) >= 11 is 5.93. The lowest BCUT2D eigenvalue weighted by Gasteiger charge is -2.32. The van der Waals surface area contributed by atoms with E-state index in [0.29, 0.717) is 17.3 Å². The maximum absolute atomic E-state index is 13.1. The van der Waals surface area contributed by atoms with Gasteiger partial charge in [0.2, 0.25) is 0 Å². The van der Waals surface area contributed by atoms with Gasteiger partial charge in [-0.2, -0.15) is 0 Å². The normalized spacial score (nSPS) is 15.9. The monoisotopic (exact) mass is 401 g/mol. The minimum absolute atomic E-state index is 0.0120. The Hall–Kier alpha value is -2.11. The van der Waals surface area contributed by atoms with Gasteiger partial charge in [0.05, 0.1) is 5.69 Å². The van der Waals surface area contributed by atoms with Crippen LogP contribution in [0, 0.1) is 6.92 Å². The van der Waals surface area contributed by atoms with Crippen LogP contribution in [0.5, 0.6) is 5.75 Å². The Morgan fingerprint density at radius 3 is 2.57 bits per heavy atom. The maximum Gasteiger partial charge on any atom is 0.266 e. The predicted molar refractivity (Wildman–Crippen MR) is 112 cm³/mol. The Morgan fingerprint density at radius 1 is 1.11 bits per heavy atom. The first-order valence-electron chi connectivity index (χ1n) is 9.72. The molecule has 0 unspecified atom stereocenters. The molecule has 150 valence electrons. The fourth-order valence-corrected chi connectivity index (χ4v) is 3.60. The SMILES string of the molecule is Cc1cccc(CN2CCCN(C(=O)C(C)(C)Oc3ccc(Cl)cc3)CC2)n1. The highest BCUT2D eigenvalue weighted by Crippen LogP contribution is 2.23. The molecule has 6 heteroatoms. The van der Waals surface area contributed by atoms with E-state index in [2.05, 4.69) is 16.0 Å². The summed E-state index contributed by atoms with van der Waals surface area (Å²) in [7, 11) is 0. The summed E-state index contributed by atoms with van der Waals surface area (Å²) < 4.78 is 5.97. The van der Waals surface area contributed by atoms with Crippen LogP contribution in [-0.2, 0) is 11.3 Å². The molecule has 1 aliphatic heterocycles. The number of ether oxygens (including phenoxy) is 1. The largest absolute Gasteiger partial charge is 0.478 e. The summed E-state index contributed by atoms with van der Waals surface area (Å²) in [5.74, 6) is 0.655. The number of aromatic nitrogens is 1. The summed E-state index contributed by atoms with van der Waals surface area (Å²) in [6.45, 7) is 9.69. The molecule has 1 aromatic carbocycles. The third-order valence-electron chi connectivity index (χ3n) is 4.91. The van der Waals surface area contributed by atoms with E-state index in [4.69, 9.17) is 16.3 Å². The molecule has 3 rings (SSSR count). The van der Waals surface area contributed by atoms with Gasteiger partial charge in [-0.25, -0.2) is 0 Å². The van der Waals surface area contributed by atoms with Gasteiger partial charge < -0.3 is 9.64 Å².